The van der Waals surface area contributed by atoms with Crippen LogP contribution in [0.1, 0.15) is 29.3 Å². The van der Waals surface area contributed by atoms with Crippen LogP contribution >= 0.6 is 0 Å². The first kappa shape index (κ1) is 16.6. The third-order valence-electron chi connectivity index (χ3n) is 3.28. The Balaban J connectivity index is 2.19. The number of aromatic amines is 1. The van der Waals surface area contributed by atoms with E-state index in [9.17, 15) is 14.7 Å². The number of rotatable bonds is 6. The topological polar surface area (TPSA) is 103 Å². The quantitative estimate of drug-likeness (QED) is 0.655. The van der Waals surface area contributed by atoms with Crippen LogP contribution in [0.5, 0.6) is 5.75 Å². The van der Waals surface area contributed by atoms with Gasteiger partial charge >= 0.3 is 0 Å². The summed E-state index contributed by atoms with van der Waals surface area (Å²) in [5, 5.41) is 14.7. The molecule has 0 aliphatic rings. The summed E-state index contributed by atoms with van der Waals surface area (Å²) in [5.41, 5.74) is 1.34. The van der Waals surface area contributed by atoms with E-state index in [2.05, 4.69) is 15.6 Å². The number of anilines is 2. The van der Waals surface area contributed by atoms with Gasteiger partial charge in [0.15, 0.2) is 0 Å². The van der Waals surface area contributed by atoms with Crippen molar-refractivity contribution in [1.29, 1.82) is 0 Å². The highest BCUT2D eigenvalue weighted by molar-refractivity contribution is 6.05. The van der Waals surface area contributed by atoms with Gasteiger partial charge in [0.05, 0.1) is 13.7 Å². The molecule has 2 aromatic rings. The van der Waals surface area contributed by atoms with Gasteiger partial charge in [0.2, 0.25) is 5.91 Å². The van der Waals surface area contributed by atoms with Gasteiger partial charge in [0.25, 0.3) is 5.91 Å². The Bertz CT molecular complexity index is 709. The normalized spacial score (nSPS) is 10.2. The van der Waals surface area contributed by atoms with Gasteiger partial charge in [-0.15, -0.1) is 0 Å². The molecule has 0 fully saturated rings. The fourth-order valence-electron chi connectivity index (χ4n) is 1.97. The minimum atomic E-state index is -0.342. The number of ether oxygens (including phenoxy) is 1. The second-order valence-electron chi connectivity index (χ2n) is 4.84. The van der Waals surface area contributed by atoms with E-state index in [1.807, 2.05) is 0 Å². The Morgan fingerprint density at radius 3 is 2.65 bits per heavy atom. The van der Waals surface area contributed by atoms with Gasteiger partial charge in [-0.3, -0.25) is 9.59 Å². The lowest BCUT2D eigenvalue weighted by atomic mass is 10.1. The molecule has 0 saturated heterocycles. The monoisotopic (exact) mass is 317 g/mol. The highest BCUT2D eigenvalue weighted by Gasteiger charge is 2.12. The zero-order valence-corrected chi connectivity index (χ0v) is 13.0. The molecule has 1 aromatic carbocycles. The van der Waals surface area contributed by atoms with Crippen molar-refractivity contribution in [3.05, 3.63) is 41.6 Å². The molecular weight excluding hydrogens is 298 g/mol. The van der Waals surface area contributed by atoms with Gasteiger partial charge in [-0.25, -0.2) is 0 Å². The molecule has 0 unspecified atom stereocenters. The smallest absolute Gasteiger partial charge is 0.256 e. The summed E-state index contributed by atoms with van der Waals surface area (Å²) < 4.78 is 5.03. The van der Waals surface area contributed by atoms with Crippen molar-refractivity contribution in [3.8, 4) is 5.75 Å². The van der Waals surface area contributed by atoms with Crippen LogP contribution in [0.3, 0.4) is 0 Å². The number of H-pyrrole nitrogens is 1. The zero-order chi connectivity index (χ0) is 16.8. The lowest BCUT2D eigenvalue weighted by Gasteiger charge is -2.11. The average Bonchev–Trinajstić information content (AvgIpc) is 3.02. The highest BCUT2D eigenvalue weighted by atomic mass is 16.5. The molecular formula is C16H19N3O4. The van der Waals surface area contributed by atoms with E-state index in [1.54, 1.807) is 31.3 Å². The van der Waals surface area contributed by atoms with Crippen LogP contribution < -0.4 is 15.4 Å². The maximum Gasteiger partial charge on any atom is 0.256 e. The van der Waals surface area contributed by atoms with Crippen LogP contribution in [0.15, 0.2) is 30.5 Å². The summed E-state index contributed by atoms with van der Waals surface area (Å²) in [4.78, 5) is 26.7. The molecule has 0 aliphatic heterocycles. The van der Waals surface area contributed by atoms with Crippen LogP contribution in [0, 0.1) is 0 Å². The Morgan fingerprint density at radius 1 is 1.26 bits per heavy atom. The van der Waals surface area contributed by atoms with Crippen molar-refractivity contribution in [2.45, 2.75) is 20.0 Å². The van der Waals surface area contributed by atoms with E-state index in [-0.39, 0.29) is 18.4 Å². The third kappa shape index (κ3) is 4.10. The summed E-state index contributed by atoms with van der Waals surface area (Å²) in [6.45, 7) is 1.50. The number of aliphatic hydroxyl groups is 1. The Morgan fingerprint density at radius 2 is 2.04 bits per heavy atom. The van der Waals surface area contributed by atoms with Gasteiger partial charge in [0, 0.05) is 35.5 Å². The second-order valence-corrected chi connectivity index (χ2v) is 4.84. The second kappa shape index (κ2) is 7.46. The van der Waals surface area contributed by atoms with Crippen molar-refractivity contribution >= 4 is 23.3 Å². The van der Waals surface area contributed by atoms with Crippen molar-refractivity contribution in [3.63, 3.8) is 0 Å². The summed E-state index contributed by atoms with van der Waals surface area (Å²) in [5.74, 6) is 0.571. The van der Waals surface area contributed by atoms with E-state index in [4.69, 9.17) is 4.74 Å². The van der Waals surface area contributed by atoms with Crippen molar-refractivity contribution in [1.82, 2.24) is 4.98 Å². The molecule has 0 spiro atoms. The van der Waals surface area contributed by atoms with Crippen LogP contribution in [0.4, 0.5) is 11.5 Å². The minimum Gasteiger partial charge on any atom is -0.495 e. The van der Waals surface area contributed by atoms with Crippen LogP contribution in [0.2, 0.25) is 0 Å². The van der Waals surface area contributed by atoms with E-state index < -0.39 is 0 Å². The van der Waals surface area contributed by atoms with Crippen molar-refractivity contribution in [2.24, 2.45) is 0 Å². The number of carbonyl (C=O) groups is 2. The largest absolute Gasteiger partial charge is 0.495 e. The Kier molecular flexibility index (Phi) is 5.37. The fourth-order valence-corrected chi connectivity index (χ4v) is 1.97. The molecule has 2 rings (SSSR count). The molecule has 1 aromatic heterocycles. The van der Waals surface area contributed by atoms with Crippen LogP contribution in [0.25, 0.3) is 0 Å². The molecule has 0 bridgehead atoms. The maximum atomic E-state index is 12.3. The number of aromatic nitrogens is 1. The summed E-state index contributed by atoms with van der Waals surface area (Å²) in [6.07, 6.45) is 1.93. The Labute approximate surface area is 133 Å². The van der Waals surface area contributed by atoms with Crippen molar-refractivity contribution in [2.75, 3.05) is 17.7 Å². The minimum absolute atomic E-state index is 0.189. The summed E-state index contributed by atoms with van der Waals surface area (Å²) >= 11 is 0. The molecule has 23 heavy (non-hydrogen) atoms. The van der Waals surface area contributed by atoms with E-state index in [1.165, 1.54) is 13.2 Å². The lowest BCUT2D eigenvalue weighted by Crippen LogP contribution is -2.15. The molecule has 0 atom stereocenters. The molecule has 4 N–H and O–H groups in total. The highest BCUT2D eigenvalue weighted by Crippen LogP contribution is 2.20. The standard InChI is InChI=1S/C16H19N3O4/c1-3-15(21)18-13-6-10(4-5-11(13)9-20)16(22)19-14-7-12(23-2)8-17-14/h4-8,17,20H,3,9H2,1-2H3,(H,18,21)(H,19,22). The van der Waals surface area contributed by atoms with Crippen LogP contribution in [-0.2, 0) is 11.4 Å². The van der Waals surface area contributed by atoms with Gasteiger partial charge < -0.3 is 25.5 Å². The summed E-state index contributed by atoms with van der Waals surface area (Å²) in [6, 6.07) is 6.38. The van der Waals surface area contributed by atoms with E-state index in [0.29, 0.717) is 34.8 Å². The maximum absolute atomic E-state index is 12.3. The van der Waals surface area contributed by atoms with Crippen LogP contribution in [-0.4, -0.2) is 29.0 Å². The third-order valence-corrected chi connectivity index (χ3v) is 3.28. The SMILES string of the molecule is CCC(=O)Nc1cc(C(=O)Nc2cc(OC)c[nH]2)ccc1CO. The molecule has 0 saturated carbocycles. The van der Waals surface area contributed by atoms with E-state index in [0.717, 1.165) is 0 Å². The number of hydrogen-bond acceptors (Lipinski definition) is 4. The molecule has 122 valence electrons. The predicted octanol–water partition coefficient (Wildman–Crippen LogP) is 2.12. The molecule has 0 aliphatic carbocycles. The molecule has 0 radical (unpaired) electrons. The number of methoxy groups -OCH3 is 1. The number of hydrogen-bond donors (Lipinski definition) is 4. The van der Waals surface area contributed by atoms with Gasteiger partial charge in [-0.1, -0.05) is 13.0 Å². The number of aliphatic hydroxyl groups excluding tert-OH is 1. The van der Waals surface area contributed by atoms with Crippen molar-refractivity contribution < 1.29 is 19.4 Å². The molecule has 7 nitrogen and oxygen atoms in total. The fraction of sp³-hybridized carbons (Fsp3) is 0.250. The van der Waals surface area contributed by atoms with Gasteiger partial charge in [-0.2, -0.15) is 0 Å². The number of benzene rings is 1. The molecule has 2 amide bonds. The van der Waals surface area contributed by atoms with Gasteiger partial charge in [-0.05, 0) is 12.1 Å². The van der Waals surface area contributed by atoms with E-state index >= 15 is 0 Å². The first-order valence-electron chi connectivity index (χ1n) is 7.14. The number of nitrogens with one attached hydrogen (secondary N) is 3. The first-order chi connectivity index (χ1) is 11.1. The zero-order valence-electron chi connectivity index (χ0n) is 13.0. The average molecular weight is 317 g/mol. The molecule has 7 heteroatoms. The summed E-state index contributed by atoms with van der Waals surface area (Å²) in [7, 11) is 1.53. The molecule has 1 heterocycles. The van der Waals surface area contributed by atoms with Gasteiger partial charge in [0.1, 0.15) is 11.6 Å². The number of amides is 2. The predicted molar refractivity (Wildman–Crippen MR) is 86.6 cm³/mol. The lowest BCUT2D eigenvalue weighted by molar-refractivity contribution is -0.115. The first-order valence-corrected chi connectivity index (χ1v) is 7.14. The number of carbonyl (C=O) groups excluding carboxylic acids is 2. The Hall–Kier alpha value is -2.80.